The zero-order chi connectivity index (χ0) is 18.4. The van der Waals surface area contributed by atoms with Gasteiger partial charge < -0.3 is 29.9 Å². The SMILES string of the molecule is CCCCCC(OCC)OCC.O=C(O)O.O=C(O)O.OO. The topological polar surface area (TPSA) is 174 Å². The van der Waals surface area contributed by atoms with Crippen LogP contribution in [0.1, 0.15) is 46.5 Å². The van der Waals surface area contributed by atoms with E-state index in [1.54, 1.807) is 0 Å². The van der Waals surface area contributed by atoms with Crippen molar-refractivity contribution in [1.82, 2.24) is 0 Å². The maximum absolute atomic E-state index is 8.56. The van der Waals surface area contributed by atoms with Crippen LogP contribution in [0.5, 0.6) is 0 Å². The molecule has 0 heterocycles. The van der Waals surface area contributed by atoms with E-state index in [-0.39, 0.29) is 6.29 Å². The molecule has 0 aliphatic carbocycles. The number of carbonyl (C=O) groups is 2. The second-order valence-electron chi connectivity index (χ2n) is 3.40. The molecule has 0 aromatic heterocycles. The lowest BCUT2D eigenvalue weighted by molar-refractivity contribution is -0.176. The minimum Gasteiger partial charge on any atom is -0.450 e. The molecule has 0 aliphatic heterocycles. The number of hydrogen-bond donors (Lipinski definition) is 6. The zero-order valence-electron chi connectivity index (χ0n) is 13.1. The molecule has 22 heavy (non-hydrogen) atoms. The molecule has 0 aromatic carbocycles. The van der Waals surface area contributed by atoms with Crippen molar-refractivity contribution in [3.05, 3.63) is 0 Å². The summed E-state index contributed by atoms with van der Waals surface area (Å²) in [6, 6.07) is 0. The third kappa shape index (κ3) is 63.1. The van der Waals surface area contributed by atoms with E-state index in [1.807, 2.05) is 13.8 Å². The molecule has 0 saturated heterocycles. The highest BCUT2D eigenvalue weighted by molar-refractivity contribution is 5.53. The van der Waals surface area contributed by atoms with Crippen LogP contribution in [-0.4, -0.2) is 62.8 Å². The van der Waals surface area contributed by atoms with Gasteiger partial charge in [0, 0.05) is 13.2 Å². The van der Waals surface area contributed by atoms with Crippen LogP contribution >= 0.6 is 0 Å². The molecule has 6 N–H and O–H groups in total. The van der Waals surface area contributed by atoms with Gasteiger partial charge in [-0.3, -0.25) is 10.5 Å². The Hall–Kier alpha value is -1.62. The van der Waals surface area contributed by atoms with Crippen molar-refractivity contribution < 1.29 is 50.0 Å². The van der Waals surface area contributed by atoms with Gasteiger partial charge in [0.2, 0.25) is 0 Å². The van der Waals surface area contributed by atoms with Crippen molar-refractivity contribution in [2.75, 3.05) is 13.2 Å². The first-order chi connectivity index (χ1) is 10.3. The minimum absolute atomic E-state index is 0.0338. The Labute approximate surface area is 129 Å². The molecule has 0 saturated carbocycles. The predicted octanol–water partition coefficient (Wildman–Crippen LogP) is 3.43. The predicted molar refractivity (Wildman–Crippen MR) is 77.7 cm³/mol. The molecule has 136 valence electrons. The normalized spacial score (nSPS) is 8.45. The largest absolute Gasteiger partial charge is 0.503 e. The molecule has 0 atom stereocenters. The number of unbranched alkanes of at least 4 members (excludes halogenated alkanes) is 2. The average Bonchev–Trinajstić information content (AvgIpc) is 2.40. The molecule has 10 heteroatoms. The van der Waals surface area contributed by atoms with Crippen molar-refractivity contribution in [3.8, 4) is 0 Å². The van der Waals surface area contributed by atoms with Crippen molar-refractivity contribution in [2.45, 2.75) is 52.7 Å². The Morgan fingerprint density at radius 3 is 1.36 bits per heavy atom. The maximum atomic E-state index is 8.56. The van der Waals surface area contributed by atoms with Gasteiger partial charge in [0.1, 0.15) is 0 Å². The van der Waals surface area contributed by atoms with E-state index in [2.05, 4.69) is 6.92 Å². The van der Waals surface area contributed by atoms with Crippen LogP contribution in [0.2, 0.25) is 0 Å². The summed E-state index contributed by atoms with van der Waals surface area (Å²) in [5, 5.41) is 39.9. The van der Waals surface area contributed by atoms with E-state index in [0.29, 0.717) is 0 Å². The Kier molecular flexibility index (Phi) is 35.9. The van der Waals surface area contributed by atoms with Crippen molar-refractivity contribution in [1.29, 1.82) is 0 Å². The fraction of sp³-hybridized carbons (Fsp3) is 0.833. The third-order valence-corrected chi connectivity index (χ3v) is 1.75. The second-order valence-corrected chi connectivity index (χ2v) is 3.40. The zero-order valence-corrected chi connectivity index (χ0v) is 13.1. The lowest BCUT2D eigenvalue weighted by Gasteiger charge is -2.16. The minimum atomic E-state index is -1.83. The van der Waals surface area contributed by atoms with Gasteiger partial charge in [-0.05, 0) is 26.7 Å². The summed E-state index contributed by atoms with van der Waals surface area (Å²) < 4.78 is 10.8. The second kappa shape index (κ2) is 27.7. The lowest BCUT2D eigenvalue weighted by Crippen LogP contribution is -2.16. The standard InChI is InChI=1S/C10H22O2.2CH2O3.H2O2/c1-4-7-8-9-10(11-5-2)12-6-3;2*2-1(3)4;1-2/h10H,4-9H2,1-3H3;2*(H2,2,3,4);1-2H. The molecule has 0 rings (SSSR count). The molecule has 0 radical (unpaired) electrons. The van der Waals surface area contributed by atoms with Gasteiger partial charge in [0.05, 0.1) is 0 Å². The fourth-order valence-electron chi connectivity index (χ4n) is 1.15. The van der Waals surface area contributed by atoms with Gasteiger partial charge in [-0.2, -0.15) is 0 Å². The van der Waals surface area contributed by atoms with Gasteiger partial charge in [-0.1, -0.05) is 19.8 Å². The molecule has 0 bridgehead atoms. The van der Waals surface area contributed by atoms with Crippen LogP contribution in [0.3, 0.4) is 0 Å². The Balaban J connectivity index is -0.000000133. The smallest absolute Gasteiger partial charge is 0.450 e. The highest BCUT2D eigenvalue weighted by Gasteiger charge is 2.05. The van der Waals surface area contributed by atoms with Crippen LogP contribution in [-0.2, 0) is 9.47 Å². The van der Waals surface area contributed by atoms with E-state index in [4.69, 9.17) is 50.0 Å². The highest BCUT2D eigenvalue weighted by atomic mass is 17.0. The van der Waals surface area contributed by atoms with Crippen molar-refractivity contribution in [3.63, 3.8) is 0 Å². The van der Waals surface area contributed by atoms with Gasteiger partial charge in [0.15, 0.2) is 6.29 Å². The quantitative estimate of drug-likeness (QED) is 0.167. The molecule has 0 fully saturated rings. The van der Waals surface area contributed by atoms with E-state index < -0.39 is 12.3 Å². The first-order valence-electron chi connectivity index (χ1n) is 6.58. The first-order valence-corrected chi connectivity index (χ1v) is 6.58. The van der Waals surface area contributed by atoms with E-state index in [9.17, 15) is 0 Å². The van der Waals surface area contributed by atoms with Crippen LogP contribution in [0.4, 0.5) is 9.59 Å². The number of rotatable bonds is 8. The maximum Gasteiger partial charge on any atom is 0.503 e. The van der Waals surface area contributed by atoms with Gasteiger partial charge in [0.25, 0.3) is 0 Å². The van der Waals surface area contributed by atoms with E-state index in [0.717, 1.165) is 19.6 Å². The molecule has 0 spiro atoms. The molecule has 10 nitrogen and oxygen atoms in total. The Bertz CT molecular complexity index is 196. The van der Waals surface area contributed by atoms with Crippen LogP contribution in [0.15, 0.2) is 0 Å². The monoisotopic (exact) mass is 332 g/mol. The molecule has 0 amide bonds. The summed E-state index contributed by atoms with van der Waals surface area (Å²) >= 11 is 0. The summed E-state index contributed by atoms with van der Waals surface area (Å²) in [5.41, 5.74) is 0. The summed E-state index contributed by atoms with van der Waals surface area (Å²) in [6.07, 6.45) is 1.14. The number of hydrogen-bond acceptors (Lipinski definition) is 6. The van der Waals surface area contributed by atoms with Crippen LogP contribution in [0.25, 0.3) is 0 Å². The summed E-state index contributed by atoms with van der Waals surface area (Å²) in [5.74, 6) is 0. The van der Waals surface area contributed by atoms with Crippen molar-refractivity contribution >= 4 is 12.3 Å². The summed E-state index contributed by atoms with van der Waals surface area (Å²) in [6.45, 7) is 7.71. The first kappa shape index (κ1) is 28.5. The molecular formula is C12H28O10. The average molecular weight is 332 g/mol. The molecule has 0 unspecified atom stereocenters. The fourth-order valence-corrected chi connectivity index (χ4v) is 1.15. The van der Waals surface area contributed by atoms with Crippen LogP contribution in [0, 0.1) is 0 Å². The Morgan fingerprint density at radius 1 is 0.818 bits per heavy atom. The van der Waals surface area contributed by atoms with Gasteiger partial charge in [-0.15, -0.1) is 0 Å². The third-order valence-electron chi connectivity index (χ3n) is 1.75. The number of ether oxygens (including phenoxy) is 2. The van der Waals surface area contributed by atoms with E-state index >= 15 is 0 Å². The molecular weight excluding hydrogens is 304 g/mol. The van der Waals surface area contributed by atoms with E-state index in [1.165, 1.54) is 19.3 Å². The van der Waals surface area contributed by atoms with Gasteiger partial charge >= 0.3 is 12.3 Å². The molecule has 0 aliphatic rings. The lowest BCUT2D eigenvalue weighted by atomic mass is 10.2. The number of carboxylic acid groups (broad SMARTS) is 4. The summed E-state index contributed by atoms with van der Waals surface area (Å²) in [4.78, 5) is 17.1. The van der Waals surface area contributed by atoms with Crippen LogP contribution < -0.4 is 0 Å². The Morgan fingerprint density at radius 2 is 1.14 bits per heavy atom. The molecule has 0 aromatic rings. The summed E-state index contributed by atoms with van der Waals surface area (Å²) in [7, 11) is 0. The van der Waals surface area contributed by atoms with Crippen molar-refractivity contribution in [2.24, 2.45) is 0 Å². The van der Waals surface area contributed by atoms with Gasteiger partial charge in [-0.25, -0.2) is 9.59 Å². The highest BCUT2D eigenvalue weighted by Crippen LogP contribution is 2.07.